The minimum atomic E-state index is -1.04. The molecule has 82 valence electrons. The van der Waals surface area contributed by atoms with Gasteiger partial charge in [0.25, 0.3) is 0 Å². The summed E-state index contributed by atoms with van der Waals surface area (Å²) in [4.78, 5) is 15.6. The van der Waals surface area contributed by atoms with Crippen LogP contribution in [0.5, 0.6) is 0 Å². The van der Waals surface area contributed by atoms with Crippen molar-refractivity contribution in [1.82, 2.24) is 9.55 Å². The highest BCUT2D eigenvalue weighted by Crippen LogP contribution is 2.12. The Morgan fingerprint density at radius 3 is 2.62 bits per heavy atom. The van der Waals surface area contributed by atoms with Crippen LogP contribution in [0, 0.1) is 11.6 Å². The molecule has 0 saturated heterocycles. The van der Waals surface area contributed by atoms with Crippen LogP contribution >= 0.6 is 0 Å². The number of ketones is 1. The summed E-state index contributed by atoms with van der Waals surface area (Å²) in [5, 5.41) is 0. The van der Waals surface area contributed by atoms with Gasteiger partial charge in [0.15, 0.2) is 11.6 Å². The topological polar surface area (TPSA) is 34.9 Å². The maximum Gasteiger partial charge on any atom is 0.213 e. The molecule has 0 aliphatic heterocycles. The molecule has 0 saturated carbocycles. The molecule has 1 aromatic heterocycles. The van der Waals surface area contributed by atoms with E-state index in [1.165, 1.54) is 18.6 Å². The molecule has 0 N–H and O–H groups in total. The van der Waals surface area contributed by atoms with Crippen LogP contribution in [0.25, 0.3) is 0 Å². The minimum Gasteiger partial charge on any atom is -0.340 e. The lowest BCUT2D eigenvalue weighted by Crippen LogP contribution is -2.03. The Balaban J connectivity index is 2.38. The summed E-state index contributed by atoms with van der Waals surface area (Å²) in [6, 6.07) is 3.02. The van der Waals surface area contributed by atoms with E-state index in [4.69, 9.17) is 0 Å². The Morgan fingerprint density at radius 2 is 2.06 bits per heavy atom. The quantitative estimate of drug-likeness (QED) is 0.728. The van der Waals surface area contributed by atoms with E-state index >= 15 is 0 Å². The number of hydrogen-bond acceptors (Lipinski definition) is 2. The molecular formula is C11H8F2N2O. The zero-order valence-electron chi connectivity index (χ0n) is 8.45. The zero-order chi connectivity index (χ0) is 11.7. The predicted octanol–water partition coefficient (Wildman–Crippen LogP) is 1.93. The van der Waals surface area contributed by atoms with Gasteiger partial charge in [0, 0.05) is 18.8 Å². The first kappa shape index (κ1) is 10.5. The third-order valence-corrected chi connectivity index (χ3v) is 2.12. The number of aromatic nitrogens is 2. The predicted molar refractivity (Wildman–Crippen MR) is 53.0 cm³/mol. The van der Waals surface area contributed by atoms with Gasteiger partial charge in [0.1, 0.15) is 5.69 Å². The Labute approximate surface area is 90.3 Å². The Kier molecular flexibility index (Phi) is 2.52. The van der Waals surface area contributed by atoms with E-state index in [1.807, 2.05) is 0 Å². The lowest BCUT2D eigenvalue weighted by Gasteiger charge is -1.98. The number of benzene rings is 1. The zero-order valence-corrected chi connectivity index (χ0v) is 8.45. The molecule has 3 nitrogen and oxygen atoms in total. The van der Waals surface area contributed by atoms with E-state index in [0.29, 0.717) is 0 Å². The lowest BCUT2D eigenvalue weighted by molar-refractivity contribution is 0.103. The fourth-order valence-electron chi connectivity index (χ4n) is 1.32. The molecule has 2 aromatic rings. The largest absolute Gasteiger partial charge is 0.340 e. The molecule has 0 bridgehead atoms. The summed E-state index contributed by atoms with van der Waals surface area (Å²) in [5.74, 6) is -2.45. The van der Waals surface area contributed by atoms with E-state index in [1.54, 1.807) is 11.6 Å². The van der Waals surface area contributed by atoms with Crippen LogP contribution in [-0.4, -0.2) is 15.3 Å². The lowest BCUT2D eigenvalue weighted by atomic mass is 10.1. The molecule has 0 atom stereocenters. The van der Waals surface area contributed by atoms with Crippen LogP contribution in [0.3, 0.4) is 0 Å². The van der Waals surface area contributed by atoms with Gasteiger partial charge >= 0.3 is 0 Å². The smallest absolute Gasteiger partial charge is 0.213 e. The third-order valence-electron chi connectivity index (χ3n) is 2.12. The number of rotatable bonds is 2. The van der Waals surface area contributed by atoms with Gasteiger partial charge in [-0.25, -0.2) is 13.8 Å². The number of hydrogen-bond donors (Lipinski definition) is 0. The summed E-state index contributed by atoms with van der Waals surface area (Å²) in [6.07, 6.45) is 2.98. The molecule has 0 fully saturated rings. The number of nitrogens with zero attached hydrogens (tertiary/aromatic N) is 2. The summed E-state index contributed by atoms with van der Waals surface area (Å²) in [7, 11) is 1.72. The van der Waals surface area contributed by atoms with Crippen LogP contribution < -0.4 is 0 Å². The minimum absolute atomic E-state index is 0.0811. The van der Waals surface area contributed by atoms with Crippen molar-refractivity contribution in [2.45, 2.75) is 0 Å². The van der Waals surface area contributed by atoms with Crippen molar-refractivity contribution < 1.29 is 13.6 Å². The molecule has 0 radical (unpaired) electrons. The monoisotopic (exact) mass is 222 g/mol. The summed E-state index contributed by atoms with van der Waals surface area (Å²) >= 11 is 0. The summed E-state index contributed by atoms with van der Waals surface area (Å²) in [5.41, 5.74) is 0.283. The average Bonchev–Trinajstić information content (AvgIpc) is 2.68. The Bertz CT molecular complexity index is 549. The van der Waals surface area contributed by atoms with E-state index in [-0.39, 0.29) is 11.3 Å². The highest BCUT2D eigenvalue weighted by atomic mass is 19.2. The maximum absolute atomic E-state index is 12.9. The van der Waals surface area contributed by atoms with Gasteiger partial charge in [-0.1, -0.05) is 0 Å². The average molecular weight is 222 g/mol. The van der Waals surface area contributed by atoms with Crippen molar-refractivity contribution in [3.63, 3.8) is 0 Å². The second-order valence-electron chi connectivity index (χ2n) is 3.38. The first-order valence-electron chi connectivity index (χ1n) is 4.55. The summed E-state index contributed by atoms with van der Waals surface area (Å²) < 4.78 is 27.2. The van der Waals surface area contributed by atoms with Crippen LogP contribution in [-0.2, 0) is 7.05 Å². The van der Waals surface area contributed by atoms with Crippen molar-refractivity contribution in [3.05, 3.63) is 53.6 Å². The van der Waals surface area contributed by atoms with Gasteiger partial charge in [-0.2, -0.15) is 0 Å². The van der Waals surface area contributed by atoms with Crippen molar-refractivity contribution in [2.75, 3.05) is 0 Å². The fraction of sp³-hybridized carbons (Fsp3) is 0.0909. The molecule has 0 aliphatic carbocycles. The Hall–Kier alpha value is -2.04. The van der Waals surface area contributed by atoms with E-state index in [9.17, 15) is 13.6 Å². The van der Waals surface area contributed by atoms with Crippen LogP contribution in [0.2, 0.25) is 0 Å². The highest BCUT2D eigenvalue weighted by Gasteiger charge is 2.13. The van der Waals surface area contributed by atoms with Gasteiger partial charge in [-0.3, -0.25) is 4.79 Å². The fourth-order valence-corrected chi connectivity index (χ4v) is 1.32. The normalized spacial score (nSPS) is 10.4. The molecule has 0 unspecified atom stereocenters. The van der Waals surface area contributed by atoms with E-state index in [2.05, 4.69) is 4.98 Å². The number of aryl methyl sites for hydroxylation is 1. The van der Waals surface area contributed by atoms with Gasteiger partial charge in [0.2, 0.25) is 5.78 Å². The number of halogens is 2. The second kappa shape index (κ2) is 3.84. The first-order valence-corrected chi connectivity index (χ1v) is 4.55. The number of imidazole rings is 1. The molecule has 0 spiro atoms. The second-order valence-corrected chi connectivity index (χ2v) is 3.38. The molecule has 1 heterocycles. The van der Waals surface area contributed by atoms with Crippen LogP contribution in [0.15, 0.2) is 30.7 Å². The van der Waals surface area contributed by atoms with Crippen LogP contribution in [0.1, 0.15) is 16.1 Å². The number of carbonyl (C=O) groups is 1. The summed E-state index contributed by atoms with van der Waals surface area (Å²) in [6.45, 7) is 0. The van der Waals surface area contributed by atoms with Gasteiger partial charge in [-0.05, 0) is 18.2 Å². The van der Waals surface area contributed by atoms with E-state index in [0.717, 1.165) is 12.1 Å². The van der Waals surface area contributed by atoms with Crippen molar-refractivity contribution in [2.24, 2.45) is 7.05 Å². The van der Waals surface area contributed by atoms with E-state index < -0.39 is 17.4 Å². The standard InChI is InChI=1S/C11H8F2N2O/c1-15-5-10(14-6-15)11(16)7-2-3-8(12)9(13)4-7/h2-6H,1H3. The maximum atomic E-state index is 12.9. The van der Waals surface area contributed by atoms with Crippen molar-refractivity contribution in [3.8, 4) is 0 Å². The highest BCUT2D eigenvalue weighted by molar-refractivity contribution is 6.07. The molecular weight excluding hydrogens is 214 g/mol. The van der Waals surface area contributed by atoms with Crippen LogP contribution in [0.4, 0.5) is 8.78 Å². The van der Waals surface area contributed by atoms with Crippen molar-refractivity contribution in [1.29, 1.82) is 0 Å². The molecule has 0 amide bonds. The van der Waals surface area contributed by atoms with Gasteiger partial charge in [0.05, 0.1) is 6.33 Å². The third kappa shape index (κ3) is 1.84. The Morgan fingerprint density at radius 1 is 1.31 bits per heavy atom. The van der Waals surface area contributed by atoms with Gasteiger partial charge in [-0.15, -0.1) is 0 Å². The van der Waals surface area contributed by atoms with Crippen molar-refractivity contribution >= 4 is 5.78 Å². The first-order chi connectivity index (χ1) is 7.58. The molecule has 2 rings (SSSR count). The molecule has 5 heteroatoms. The number of carbonyl (C=O) groups excluding carboxylic acids is 1. The molecule has 0 aliphatic rings. The SMILES string of the molecule is Cn1cnc(C(=O)c2ccc(F)c(F)c2)c1. The van der Waals surface area contributed by atoms with Gasteiger partial charge < -0.3 is 4.57 Å². The molecule has 16 heavy (non-hydrogen) atoms. The molecule has 1 aromatic carbocycles.